The highest BCUT2D eigenvalue weighted by Crippen LogP contribution is 2.26. The number of benzene rings is 3. The number of nitrogens with one attached hydrogen (secondary N) is 2. The summed E-state index contributed by atoms with van der Waals surface area (Å²) in [6, 6.07) is 18.7. The van der Waals surface area contributed by atoms with Gasteiger partial charge < -0.3 is 10.1 Å². The number of carbonyl (C=O) groups is 1. The lowest BCUT2D eigenvalue weighted by Crippen LogP contribution is -2.28. The quantitative estimate of drug-likeness (QED) is 0.564. The monoisotopic (exact) mass is 438 g/mol. The first-order valence-corrected chi connectivity index (χ1v) is 11.3. The number of hydrogen-bond acceptors (Lipinski definition) is 4. The van der Waals surface area contributed by atoms with Gasteiger partial charge in [0, 0.05) is 11.1 Å². The molecular formula is C24H26N2O4S. The molecule has 1 unspecified atom stereocenters. The summed E-state index contributed by atoms with van der Waals surface area (Å²) in [6.45, 7) is 5.48. The predicted molar refractivity (Wildman–Crippen MR) is 122 cm³/mol. The maximum atomic E-state index is 12.9. The molecule has 1 amide bonds. The Balaban J connectivity index is 1.83. The van der Waals surface area contributed by atoms with Gasteiger partial charge in [-0.2, -0.15) is 0 Å². The highest BCUT2D eigenvalue weighted by molar-refractivity contribution is 7.92. The summed E-state index contributed by atoms with van der Waals surface area (Å²) in [7, 11) is -2.18. The highest BCUT2D eigenvalue weighted by atomic mass is 32.2. The first kappa shape index (κ1) is 22.4. The number of ether oxygens (including phenoxy) is 1. The van der Waals surface area contributed by atoms with E-state index in [1.54, 1.807) is 56.5 Å². The summed E-state index contributed by atoms with van der Waals surface area (Å²) in [5.74, 6) is 0.388. The first-order valence-electron chi connectivity index (χ1n) is 9.86. The van der Waals surface area contributed by atoms with Crippen LogP contribution in [0.25, 0.3) is 0 Å². The van der Waals surface area contributed by atoms with Crippen LogP contribution in [-0.2, 0) is 10.0 Å². The Morgan fingerprint density at radius 2 is 1.61 bits per heavy atom. The van der Waals surface area contributed by atoms with E-state index in [0.717, 1.165) is 11.1 Å². The average Bonchev–Trinajstić information content (AvgIpc) is 2.75. The number of hydrogen-bond donors (Lipinski definition) is 2. The van der Waals surface area contributed by atoms with E-state index in [1.165, 1.54) is 0 Å². The molecule has 0 aliphatic carbocycles. The summed E-state index contributed by atoms with van der Waals surface area (Å²) in [4.78, 5) is 13.1. The van der Waals surface area contributed by atoms with Gasteiger partial charge in [-0.25, -0.2) is 8.42 Å². The van der Waals surface area contributed by atoms with E-state index in [4.69, 9.17) is 4.74 Å². The minimum Gasteiger partial charge on any atom is -0.496 e. The summed E-state index contributed by atoms with van der Waals surface area (Å²) in [5.41, 5.74) is 3.12. The van der Waals surface area contributed by atoms with Crippen LogP contribution in [-0.4, -0.2) is 21.4 Å². The van der Waals surface area contributed by atoms with Crippen LogP contribution in [0.5, 0.6) is 5.75 Å². The van der Waals surface area contributed by atoms with Crippen molar-refractivity contribution in [3.63, 3.8) is 0 Å². The largest absolute Gasteiger partial charge is 0.496 e. The number of methoxy groups -OCH3 is 1. The van der Waals surface area contributed by atoms with Crippen molar-refractivity contribution in [1.29, 1.82) is 0 Å². The molecular weight excluding hydrogens is 412 g/mol. The number of anilines is 1. The molecule has 0 heterocycles. The lowest BCUT2D eigenvalue weighted by atomic mass is 10.0. The molecule has 0 saturated heterocycles. The number of amides is 1. The molecule has 7 heteroatoms. The molecule has 0 fully saturated rings. The van der Waals surface area contributed by atoms with E-state index in [9.17, 15) is 13.2 Å². The minimum atomic E-state index is -3.77. The molecule has 1 atom stereocenters. The maximum Gasteiger partial charge on any atom is 0.261 e. The predicted octanol–water partition coefficient (Wildman–Crippen LogP) is 4.60. The molecule has 0 radical (unpaired) electrons. The summed E-state index contributed by atoms with van der Waals surface area (Å²) >= 11 is 0. The second-order valence-corrected chi connectivity index (χ2v) is 9.02. The van der Waals surface area contributed by atoms with Crippen molar-refractivity contribution < 1.29 is 17.9 Å². The smallest absolute Gasteiger partial charge is 0.261 e. The van der Waals surface area contributed by atoms with Crippen LogP contribution in [0.15, 0.2) is 71.6 Å². The molecule has 3 aromatic carbocycles. The van der Waals surface area contributed by atoms with Crippen molar-refractivity contribution in [2.45, 2.75) is 31.7 Å². The molecule has 2 N–H and O–H groups in total. The summed E-state index contributed by atoms with van der Waals surface area (Å²) in [5, 5.41) is 2.96. The Morgan fingerprint density at radius 3 is 2.29 bits per heavy atom. The van der Waals surface area contributed by atoms with E-state index < -0.39 is 10.0 Å². The zero-order valence-corrected chi connectivity index (χ0v) is 18.8. The normalized spacial score (nSPS) is 12.1. The van der Waals surface area contributed by atoms with Crippen LogP contribution in [0.3, 0.4) is 0 Å². The van der Waals surface area contributed by atoms with Crippen molar-refractivity contribution in [2.75, 3.05) is 11.8 Å². The third-order valence-corrected chi connectivity index (χ3v) is 6.49. The zero-order chi connectivity index (χ0) is 22.6. The molecule has 3 rings (SSSR count). The van der Waals surface area contributed by atoms with E-state index in [0.29, 0.717) is 22.6 Å². The lowest BCUT2D eigenvalue weighted by molar-refractivity contribution is 0.0939. The summed E-state index contributed by atoms with van der Waals surface area (Å²) < 4.78 is 33.5. The van der Waals surface area contributed by atoms with Gasteiger partial charge in [0.2, 0.25) is 0 Å². The van der Waals surface area contributed by atoms with Gasteiger partial charge in [-0.3, -0.25) is 9.52 Å². The van der Waals surface area contributed by atoms with E-state index in [2.05, 4.69) is 10.0 Å². The number of aryl methyl sites for hydroxylation is 1. The third-order valence-electron chi connectivity index (χ3n) is 5.11. The van der Waals surface area contributed by atoms with Crippen molar-refractivity contribution in [3.05, 3.63) is 89.0 Å². The Hall–Kier alpha value is -3.32. The van der Waals surface area contributed by atoms with Crippen LogP contribution in [0.4, 0.5) is 5.69 Å². The van der Waals surface area contributed by atoms with Gasteiger partial charge in [0.25, 0.3) is 15.9 Å². The number of carbonyl (C=O) groups excluding carboxylic acids is 1. The fraction of sp³-hybridized carbons (Fsp3) is 0.208. The minimum absolute atomic E-state index is 0.164. The Kier molecular flexibility index (Phi) is 6.65. The molecule has 0 spiro atoms. The molecule has 0 saturated carbocycles. The van der Waals surface area contributed by atoms with E-state index >= 15 is 0 Å². The van der Waals surface area contributed by atoms with Crippen LogP contribution in [0.1, 0.15) is 40.0 Å². The second-order valence-electron chi connectivity index (χ2n) is 7.33. The van der Waals surface area contributed by atoms with Gasteiger partial charge in [-0.05, 0) is 56.7 Å². The fourth-order valence-corrected chi connectivity index (χ4v) is 4.41. The second kappa shape index (κ2) is 9.22. The average molecular weight is 439 g/mol. The summed E-state index contributed by atoms with van der Waals surface area (Å²) in [6.07, 6.45) is 0. The van der Waals surface area contributed by atoms with E-state index in [1.807, 2.05) is 38.1 Å². The Morgan fingerprint density at radius 1 is 0.935 bits per heavy atom. The van der Waals surface area contributed by atoms with Crippen LogP contribution in [0.2, 0.25) is 0 Å². The van der Waals surface area contributed by atoms with Gasteiger partial charge in [0.1, 0.15) is 5.75 Å². The number of sulfonamides is 1. The van der Waals surface area contributed by atoms with Crippen molar-refractivity contribution >= 4 is 21.6 Å². The van der Waals surface area contributed by atoms with Crippen LogP contribution in [0, 0.1) is 13.8 Å². The molecule has 6 nitrogen and oxygen atoms in total. The van der Waals surface area contributed by atoms with Crippen molar-refractivity contribution in [2.24, 2.45) is 0 Å². The zero-order valence-electron chi connectivity index (χ0n) is 18.0. The fourth-order valence-electron chi connectivity index (χ4n) is 3.29. The van der Waals surface area contributed by atoms with Crippen molar-refractivity contribution in [1.82, 2.24) is 5.32 Å². The van der Waals surface area contributed by atoms with Gasteiger partial charge in [-0.1, -0.05) is 42.0 Å². The third kappa shape index (κ3) is 5.06. The molecule has 0 aliphatic rings. The van der Waals surface area contributed by atoms with E-state index in [-0.39, 0.29) is 16.8 Å². The number of rotatable bonds is 7. The SMILES string of the molecule is COc1ccccc1C(C)NC(=O)c1cccc(NS(=O)(=O)c2ccc(C)cc2)c1C. The molecule has 0 aliphatic heterocycles. The highest BCUT2D eigenvalue weighted by Gasteiger charge is 2.20. The first-order chi connectivity index (χ1) is 14.7. The Bertz CT molecular complexity index is 1190. The van der Waals surface area contributed by atoms with Gasteiger partial charge in [0.15, 0.2) is 0 Å². The molecule has 31 heavy (non-hydrogen) atoms. The van der Waals surface area contributed by atoms with Crippen LogP contribution >= 0.6 is 0 Å². The molecule has 3 aromatic rings. The van der Waals surface area contributed by atoms with Crippen LogP contribution < -0.4 is 14.8 Å². The molecule has 0 bridgehead atoms. The molecule has 0 aromatic heterocycles. The topological polar surface area (TPSA) is 84.5 Å². The standard InChI is InChI=1S/C24H26N2O4S/c1-16-12-14-19(15-13-16)31(28,29)26-22-10-7-9-20(17(22)2)24(27)25-18(3)21-8-5-6-11-23(21)30-4/h5-15,18,26H,1-4H3,(H,25,27). The van der Waals surface area contributed by atoms with Gasteiger partial charge >= 0.3 is 0 Å². The maximum absolute atomic E-state index is 12.9. The molecule has 162 valence electrons. The lowest BCUT2D eigenvalue weighted by Gasteiger charge is -2.19. The number of para-hydroxylation sites is 1. The van der Waals surface area contributed by atoms with Crippen molar-refractivity contribution in [3.8, 4) is 5.75 Å². The Labute approximate surface area is 183 Å². The van der Waals surface area contributed by atoms with Gasteiger partial charge in [-0.15, -0.1) is 0 Å². The van der Waals surface area contributed by atoms with Gasteiger partial charge in [0.05, 0.1) is 23.7 Å².